The van der Waals surface area contributed by atoms with E-state index in [1.54, 1.807) is 19.1 Å². The van der Waals surface area contributed by atoms with E-state index in [9.17, 15) is 13.6 Å². The Morgan fingerprint density at radius 1 is 1.32 bits per heavy atom. The lowest BCUT2D eigenvalue weighted by molar-refractivity contribution is 0.0622. The van der Waals surface area contributed by atoms with E-state index in [0.29, 0.717) is 18.3 Å². The van der Waals surface area contributed by atoms with E-state index in [4.69, 9.17) is 0 Å². The minimum atomic E-state index is -2.26. The number of aryl methyl sites for hydroxylation is 1. The summed E-state index contributed by atoms with van der Waals surface area (Å²) in [5.74, 6) is -0.0279. The van der Waals surface area contributed by atoms with Crippen molar-refractivity contribution in [3.05, 3.63) is 63.8 Å². The van der Waals surface area contributed by atoms with Crippen LogP contribution in [-0.2, 0) is 17.6 Å². The van der Waals surface area contributed by atoms with Gasteiger partial charge in [-0.3, -0.25) is 9.00 Å². The van der Waals surface area contributed by atoms with Gasteiger partial charge in [-0.15, -0.1) is 0 Å². The lowest BCUT2D eigenvalue weighted by Gasteiger charge is -2.37. The molecule has 1 saturated carbocycles. The average molecular weight is 443 g/mol. The van der Waals surface area contributed by atoms with E-state index >= 15 is 0 Å². The van der Waals surface area contributed by atoms with Crippen molar-refractivity contribution in [1.29, 1.82) is 0 Å². The number of H-pyrrole nitrogens is 1. The first-order valence-corrected chi connectivity index (χ1v) is 12.0. The summed E-state index contributed by atoms with van der Waals surface area (Å²) < 4.78 is 22.3. The number of carbonyl (C=O) groups excluding carboxylic acids is 1. The second-order valence-corrected chi connectivity index (χ2v) is 9.34. The summed E-state index contributed by atoms with van der Waals surface area (Å²) in [7, 11) is 0. The van der Waals surface area contributed by atoms with E-state index in [-0.39, 0.29) is 16.9 Å². The molecule has 1 heterocycles. The van der Waals surface area contributed by atoms with Crippen molar-refractivity contribution < 1.29 is 13.6 Å². The highest BCUT2D eigenvalue weighted by atomic mass is 32.2. The van der Waals surface area contributed by atoms with Crippen molar-refractivity contribution >= 4 is 23.1 Å². The van der Waals surface area contributed by atoms with E-state index in [0.717, 1.165) is 43.5 Å². The molecule has 1 aromatic carbocycles. The Morgan fingerprint density at radius 3 is 2.74 bits per heavy atom. The van der Waals surface area contributed by atoms with Gasteiger partial charge in [-0.05, 0) is 85.7 Å². The number of aromatic nitrogens is 1. The Bertz CT molecular complexity index is 939. The number of amides is 1. The summed E-state index contributed by atoms with van der Waals surface area (Å²) in [6, 6.07) is 12.7. The normalized spacial score (nSPS) is 20.5. The van der Waals surface area contributed by atoms with Crippen molar-refractivity contribution in [1.82, 2.24) is 15.2 Å². The van der Waals surface area contributed by atoms with Crippen LogP contribution < -0.4 is 5.32 Å². The number of benzene rings is 1. The largest absolute Gasteiger partial charge is 0.769 e. The number of hydrogen-bond acceptors (Lipinski definition) is 4. The maximum absolute atomic E-state index is 13.3. The molecule has 3 rings (SSSR count). The fraction of sp³-hybridized carbons (Fsp3) is 0.458. The van der Waals surface area contributed by atoms with E-state index in [1.165, 1.54) is 5.56 Å². The number of hydrogen-bond donors (Lipinski definition) is 2. The molecular formula is C24H32N3O3S-. The molecule has 2 aromatic rings. The Labute approximate surface area is 187 Å². The summed E-state index contributed by atoms with van der Waals surface area (Å²) in [6.45, 7) is 6.89. The molecule has 2 N–H and O–H groups in total. The lowest BCUT2D eigenvalue weighted by atomic mass is 9.89. The molecule has 0 saturated heterocycles. The van der Waals surface area contributed by atoms with Gasteiger partial charge in [0.15, 0.2) is 0 Å². The molecule has 168 valence electrons. The van der Waals surface area contributed by atoms with Crippen LogP contribution in [0, 0.1) is 6.92 Å². The highest BCUT2D eigenvalue weighted by Crippen LogP contribution is 2.26. The molecule has 1 fully saturated rings. The quantitative estimate of drug-likeness (QED) is 0.602. The first-order valence-electron chi connectivity index (χ1n) is 10.9. The monoisotopic (exact) mass is 442 g/mol. The number of rotatable bonds is 8. The molecule has 1 aromatic heterocycles. The third-order valence-corrected chi connectivity index (χ3v) is 6.68. The Morgan fingerprint density at radius 2 is 2.06 bits per heavy atom. The molecule has 1 aliphatic carbocycles. The second-order valence-electron chi connectivity index (χ2n) is 8.23. The predicted molar refractivity (Wildman–Crippen MR) is 124 cm³/mol. The summed E-state index contributed by atoms with van der Waals surface area (Å²) in [5, 5.41) is 3.66. The highest BCUT2D eigenvalue weighted by Gasteiger charge is 2.30. The minimum Gasteiger partial charge on any atom is -0.769 e. The zero-order chi connectivity index (χ0) is 22.4. The average Bonchev–Trinajstić information content (AvgIpc) is 3.14. The summed E-state index contributed by atoms with van der Waals surface area (Å²) in [6.07, 6.45) is 5.74. The van der Waals surface area contributed by atoms with Gasteiger partial charge < -0.3 is 19.8 Å². The minimum absolute atomic E-state index is 0.0279. The molecule has 0 spiro atoms. The molecule has 7 heteroatoms. The van der Waals surface area contributed by atoms with E-state index in [2.05, 4.69) is 34.6 Å². The van der Waals surface area contributed by atoms with E-state index < -0.39 is 11.1 Å². The van der Waals surface area contributed by atoms with Gasteiger partial charge in [-0.25, -0.2) is 0 Å². The number of allylic oxidation sites excluding steroid dienone is 1. The fourth-order valence-corrected chi connectivity index (χ4v) is 4.54. The number of nitrogens with zero attached hydrogens (tertiary/aromatic N) is 1. The van der Waals surface area contributed by atoms with Gasteiger partial charge in [-0.1, -0.05) is 30.3 Å². The van der Waals surface area contributed by atoms with Crippen molar-refractivity contribution in [3.63, 3.8) is 0 Å². The van der Waals surface area contributed by atoms with Crippen molar-refractivity contribution in [2.45, 2.75) is 65.1 Å². The molecule has 0 bridgehead atoms. The zero-order valence-electron chi connectivity index (χ0n) is 18.5. The number of nitrogens with one attached hydrogen (secondary N) is 2. The zero-order valence-corrected chi connectivity index (χ0v) is 19.3. The maximum Gasteiger partial charge on any atom is 0.270 e. The first-order chi connectivity index (χ1) is 14.9. The van der Waals surface area contributed by atoms with Gasteiger partial charge in [0.1, 0.15) is 5.69 Å². The topological polar surface area (TPSA) is 88.3 Å². The number of carbonyl (C=O) groups is 1. The molecule has 1 aliphatic rings. The molecule has 1 amide bonds. The van der Waals surface area contributed by atoms with Crippen LogP contribution in [0.25, 0.3) is 6.08 Å². The third kappa shape index (κ3) is 6.15. The summed E-state index contributed by atoms with van der Waals surface area (Å²) in [4.78, 5) is 18.6. The van der Waals surface area contributed by atoms with Gasteiger partial charge in [0.05, 0.1) is 0 Å². The summed E-state index contributed by atoms with van der Waals surface area (Å²) >= 11 is -2.26. The highest BCUT2D eigenvalue weighted by molar-refractivity contribution is 7.83. The first kappa shape index (κ1) is 23.4. The van der Waals surface area contributed by atoms with Crippen molar-refractivity contribution in [2.24, 2.45) is 0 Å². The molecule has 0 radical (unpaired) electrons. The molecular weight excluding hydrogens is 410 g/mol. The maximum atomic E-state index is 13.3. The molecule has 0 aliphatic heterocycles. The van der Waals surface area contributed by atoms with Crippen molar-refractivity contribution in [3.8, 4) is 0 Å². The van der Waals surface area contributed by atoms with Gasteiger partial charge in [-0.2, -0.15) is 0 Å². The Hall–Kier alpha value is -2.22. The van der Waals surface area contributed by atoms with Gasteiger partial charge in [0.25, 0.3) is 5.91 Å². The van der Waals surface area contributed by atoms with Crippen LogP contribution in [0.1, 0.15) is 66.8 Å². The summed E-state index contributed by atoms with van der Waals surface area (Å²) in [5.41, 5.74) is 3.29. The van der Waals surface area contributed by atoms with E-state index in [1.807, 2.05) is 24.8 Å². The van der Waals surface area contributed by atoms with Gasteiger partial charge in [0, 0.05) is 30.9 Å². The van der Waals surface area contributed by atoms with Gasteiger partial charge in [0.2, 0.25) is 0 Å². The van der Waals surface area contributed by atoms with Crippen LogP contribution in [0.4, 0.5) is 0 Å². The van der Waals surface area contributed by atoms with Crippen LogP contribution in [0.5, 0.6) is 0 Å². The Balaban J connectivity index is 1.67. The molecule has 6 nitrogen and oxygen atoms in total. The van der Waals surface area contributed by atoms with Crippen LogP contribution in [0.2, 0.25) is 0 Å². The SMILES string of the molecule is CCN(C(=O)c1cc(/C=C(\C)S(=O)[O-])c(C)[nH]1)C1CCCC(NCc2ccccc2)C1. The van der Waals surface area contributed by atoms with Crippen molar-refractivity contribution in [2.75, 3.05) is 6.54 Å². The van der Waals surface area contributed by atoms with Crippen LogP contribution in [-0.4, -0.2) is 43.2 Å². The standard InChI is InChI=1S/C24H33N3O3S/c1-4-27(24(28)23-14-20(18(3)26-23)13-17(2)31(29)30)22-12-8-11-21(15-22)25-16-19-9-6-5-7-10-19/h5-7,9-10,13-14,21-22,25-26H,4,8,11-12,15-16H2,1-3H3,(H,29,30)/p-1/b17-13+. The molecule has 31 heavy (non-hydrogen) atoms. The van der Waals surface area contributed by atoms with Crippen LogP contribution >= 0.6 is 0 Å². The predicted octanol–water partition coefficient (Wildman–Crippen LogP) is 4.13. The molecule has 3 atom stereocenters. The number of aromatic amines is 1. The smallest absolute Gasteiger partial charge is 0.270 e. The lowest BCUT2D eigenvalue weighted by Crippen LogP contribution is -2.46. The van der Waals surface area contributed by atoms with Crippen LogP contribution in [0.3, 0.4) is 0 Å². The second kappa shape index (κ2) is 10.9. The third-order valence-electron chi connectivity index (χ3n) is 6.03. The fourth-order valence-electron chi connectivity index (χ4n) is 4.32. The van der Waals surface area contributed by atoms with Crippen LogP contribution in [0.15, 0.2) is 41.3 Å². The molecule has 3 unspecified atom stereocenters. The van der Waals surface area contributed by atoms with Gasteiger partial charge >= 0.3 is 0 Å². The Kier molecular flexibility index (Phi) is 8.23.